The maximum atomic E-state index is 13.0. The number of hydrogen-bond donors (Lipinski definition) is 0. The van der Waals surface area contributed by atoms with Gasteiger partial charge >= 0.3 is 5.97 Å². The summed E-state index contributed by atoms with van der Waals surface area (Å²) in [4.78, 5) is 14.6. The van der Waals surface area contributed by atoms with Crippen LogP contribution in [-0.4, -0.2) is 56.4 Å². The third-order valence-electron chi connectivity index (χ3n) is 4.84. The molecular formula is C22H28N2O4S. The molecule has 1 aliphatic rings. The van der Waals surface area contributed by atoms with Crippen LogP contribution in [0.2, 0.25) is 0 Å². The Balaban J connectivity index is 1.64. The molecule has 0 bridgehead atoms. The van der Waals surface area contributed by atoms with Crippen molar-refractivity contribution in [3.05, 3.63) is 65.7 Å². The largest absolute Gasteiger partial charge is 0.462 e. The molecule has 0 unspecified atom stereocenters. The Bertz CT molecular complexity index is 921. The molecule has 7 heteroatoms. The molecule has 0 atom stereocenters. The van der Waals surface area contributed by atoms with E-state index in [0.717, 1.165) is 6.54 Å². The summed E-state index contributed by atoms with van der Waals surface area (Å²) in [6.45, 7) is 7.21. The van der Waals surface area contributed by atoms with Crippen molar-refractivity contribution in [1.82, 2.24) is 9.21 Å². The molecule has 1 heterocycles. The summed E-state index contributed by atoms with van der Waals surface area (Å²) >= 11 is 0. The second-order valence-electron chi connectivity index (χ2n) is 7.69. The normalized spacial score (nSPS) is 16.1. The number of nitrogens with zero attached hydrogens (tertiary/aromatic N) is 2. The van der Waals surface area contributed by atoms with Crippen LogP contribution in [0.25, 0.3) is 0 Å². The van der Waals surface area contributed by atoms with E-state index in [1.165, 1.54) is 22.0 Å². The van der Waals surface area contributed by atoms with Crippen LogP contribution in [0, 0.1) is 5.92 Å². The first-order chi connectivity index (χ1) is 13.9. The zero-order valence-corrected chi connectivity index (χ0v) is 17.8. The number of benzene rings is 2. The lowest BCUT2D eigenvalue weighted by atomic mass is 10.2. The summed E-state index contributed by atoms with van der Waals surface area (Å²) < 4.78 is 32.8. The standard InChI is InChI=1S/C22H28N2O4S/c1-18(2)17-28-22(25)20-9-6-10-21(15-20)29(26,27)24-13-11-23(12-14-24)16-19-7-4-3-5-8-19/h3-10,15,18H,11-14,16-17H2,1-2H3. The Hall–Kier alpha value is -2.22. The first-order valence-corrected chi connectivity index (χ1v) is 11.3. The smallest absolute Gasteiger partial charge is 0.338 e. The molecule has 0 aliphatic carbocycles. The predicted octanol–water partition coefficient (Wildman–Crippen LogP) is 3.01. The Morgan fingerprint density at radius 3 is 2.34 bits per heavy atom. The van der Waals surface area contributed by atoms with Crippen LogP contribution in [0.1, 0.15) is 29.8 Å². The fourth-order valence-corrected chi connectivity index (χ4v) is 4.70. The van der Waals surface area contributed by atoms with E-state index < -0.39 is 16.0 Å². The van der Waals surface area contributed by atoms with Gasteiger partial charge in [0.1, 0.15) is 0 Å². The number of rotatable bonds is 7. The SMILES string of the molecule is CC(C)COC(=O)c1cccc(S(=O)(=O)N2CCN(Cc3ccccc3)CC2)c1. The van der Waals surface area contributed by atoms with E-state index in [-0.39, 0.29) is 16.4 Å². The second-order valence-corrected chi connectivity index (χ2v) is 9.62. The molecule has 2 aromatic rings. The van der Waals surface area contributed by atoms with Crippen molar-refractivity contribution in [1.29, 1.82) is 0 Å². The summed E-state index contributed by atoms with van der Waals surface area (Å²) in [6, 6.07) is 16.3. The van der Waals surface area contributed by atoms with E-state index >= 15 is 0 Å². The highest BCUT2D eigenvalue weighted by Gasteiger charge is 2.29. The quantitative estimate of drug-likeness (QED) is 0.649. The maximum absolute atomic E-state index is 13.0. The van der Waals surface area contributed by atoms with Crippen molar-refractivity contribution >= 4 is 16.0 Å². The lowest BCUT2D eigenvalue weighted by molar-refractivity contribution is 0.0458. The summed E-state index contributed by atoms with van der Waals surface area (Å²) in [6.07, 6.45) is 0. The minimum atomic E-state index is -3.65. The van der Waals surface area contributed by atoms with Gasteiger partial charge < -0.3 is 4.74 Å². The Morgan fingerprint density at radius 1 is 1.00 bits per heavy atom. The number of carbonyl (C=O) groups is 1. The predicted molar refractivity (Wildman–Crippen MR) is 112 cm³/mol. The molecule has 0 N–H and O–H groups in total. The molecule has 0 amide bonds. The second kappa shape index (κ2) is 9.52. The summed E-state index contributed by atoms with van der Waals surface area (Å²) in [5, 5.41) is 0. The van der Waals surface area contributed by atoms with E-state index in [0.29, 0.717) is 32.8 Å². The van der Waals surface area contributed by atoms with Gasteiger partial charge in [-0.15, -0.1) is 0 Å². The molecule has 1 aliphatic heterocycles. The van der Waals surface area contributed by atoms with E-state index in [4.69, 9.17) is 4.74 Å². The molecule has 1 fully saturated rings. The average molecular weight is 417 g/mol. The number of hydrogen-bond acceptors (Lipinski definition) is 5. The third-order valence-corrected chi connectivity index (χ3v) is 6.73. The van der Waals surface area contributed by atoms with Gasteiger partial charge in [-0.2, -0.15) is 4.31 Å². The Morgan fingerprint density at radius 2 is 1.69 bits per heavy atom. The van der Waals surface area contributed by atoms with Crippen LogP contribution in [0.3, 0.4) is 0 Å². The fourth-order valence-electron chi connectivity index (χ4n) is 3.23. The van der Waals surface area contributed by atoms with Gasteiger partial charge in [0, 0.05) is 32.7 Å². The van der Waals surface area contributed by atoms with Crippen molar-refractivity contribution in [3.8, 4) is 0 Å². The highest BCUT2D eigenvalue weighted by Crippen LogP contribution is 2.20. The van der Waals surface area contributed by atoms with Gasteiger partial charge in [-0.05, 0) is 29.7 Å². The lowest BCUT2D eigenvalue weighted by Gasteiger charge is -2.34. The maximum Gasteiger partial charge on any atom is 0.338 e. The molecule has 0 spiro atoms. The highest BCUT2D eigenvalue weighted by molar-refractivity contribution is 7.89. The highest BCUT2D eigenvalue weighted by atomic mass is 32.2. The minimum Gasteiger partial charge on any atom is -0.462 e. The molecule has 6 nitrogen and oxygen atoms in total. The number of carbonyl (C=O) groups excluding carboxylic acids is 1. The first-order valence-electron chi connectivity index (χ1n) is 9.90. The zero-order valence-electron chi connectivity index (χ0n) is 17.0. The molecular weight excluding hydrogens is 388 g/mol. The number of piperazine rings is 1. The van der Waals surface area contributed by atoms with Crippen LogP contribution < -0.4 is 0 Å². The number of esters is 1. The van der Waals surface area contributed by atoms with E-state index in [2.05, 4.69) is 17.0 Å². The van der Waals surface area contributed by atoms with E-state index in [9.17, 15) is 13.2 Å². The van der Waals surface area contributed by atoms with Gasteiger partial charge in [-0.3, -0.25) is 4.90 Å². The summed E-state index contributed by atoms with van der Waals surface area (Å²) in [7, 11) is -3.65. The minimum absolute atomic E-state index is 0.132. The van der Waals surface area contributed by atoms with Gasteiger partial charge in [-0.25, -0.2) is 13.2 Å². The molecule has 29 heavy (non-hydrogen) atoms. The zero-order chi connectivity index (χ0) is 20.9. The molecule has 0 aromatic heterocycles. The van der Waals surface area contributed by atoms with Crippen LogP contribution >= 0.6 is 0 Å². The van der Waals surface area contributed by atoms with Crippen molar-refractivity contribution in [2.45, 2.75) is 25.3 Å². The van der Waals surface area contributed by atoms with Gasteiger partial charge in [0.25, 0.3) is 0 Å². The van der Waals surface area contributed by atoms with Gasteiger partial charge in [0.15, 0.2) is 0 Å². The fraction of sp³-hybridized carbons (Fsp3) is 0.409. The summed E-state index contributed by atoms with van der Waals surface area (Å²) in [5.74, 6) is -0.276. The Labute approximate surface area is 173 Å². The van der Waals surface area contributed by atoms with Crippen molar-refractivity contribution in [2.75, 3.05) is 32.8 Å². The number of sulfonamides is 1. The molecule has 2 aromatic carbocycles. The van der Waals surface area contributed by atoms with Crippen molar-refractivity contribution in [3.63, 3.8) is 0 Å². The van der Waals surface area contributed by atoms with Crippen LogP contribution in [0.5, 0.6) is 0 Å². The van der Waals surface area contributed by atoms with E-state index in [1.807, 2.05) is 32.0 Å². The van der Waals surface area contributed by atoms with Gasteiger partial charge in [0.05, 0.1) is 17.1 Å². The molecule has 0 saturated carbocycles. The van der Waals surface area contributed by atoms with Crippen molar-refractivity contribution in [2.24, 2.45) is 5.92 Å². The van der Waals surface area contributed by atoms with Crippen molar-refractivity contribution < 1.29 is 17.9 Å². The third kappa shape index (κ3) is 5.65. The summed E-state index contributed by atoms with van der Waals surface area (Å²) in [5.41, 5.74) is 1.48. The van der Waals surface area contributed by atoms with Crippen LogP contribution in [0.15, 0.2) is 59.5 Å². The van der Waals surface area contributed by atoms with Crippen LogP contribution in [-0.2, 0) is 21.3 Å². The Kier molecular flexibility index (Phi) is 7.05. The average Bonchev–Trinajstić information content (AvgIpc) is 2.73. The molecule has 0 radical (unpaired) electrons. The van der Waals surface area contributed by atoms with E-state index in [1.54, 1.807) is 12.1 Å². The van der Waals surface area contributed by atoms with Gasteiger partial charge in [0.2, 0.25) is 10.0 Å². The first kappa shape index (κ1) is 21.5. The molecule has 3 rings (SSSR count). The van der Waals surface area contributed by atoms with Crippen LogP contribution in [0.4, 0.5) is 0 Å². The monoisotopic (exact) mass is 416 g/mol. The number of ether oxygens (including phenoxy) is 1. The lowest BCUT2D eigenvalue weighted by Crippen LogP contribution is -2.48. The van der Waals surface area contributed by atoms with Gasteiger partial charge in [-0.1, -0.05) is 50.2 Å². The molecule has 1 saturated heterocycles. The topological polar surface area (TPSA) is 66.9 Å². The molecule has 156 valence electrons.